The molecule has 0 N–H and O–H groups in total. The molecule has 0 bridgehead atoms. The van der Waals surface area contributed by atoms with Gasteiger partial charge in [0, 0.05) is 17.7 Å². The molecule has 3 aromatic rings. The standard InChI is InChI=1S/C19H18F3N3O2/c1-18(2,10-13-6-4-3-5-7-13)17-23-15(27-24-17)12-25-11-14(19(20,21)22)8-9-16(25)26/h3-9,11H,10,12H2,1-2H3. The Morgan fingerprint density at radius 1 is 1.07 bits per heavy atom. The zero-order chi connectivity index (χ0) is 19.7. The van der Waals surface area contributed by atoms with Crippen LogP contribution in [0.5, 0.6) is 0 Å². The largest absolute Gasteiger partial charge is 0.417 e. The molecule has 0 aliphatic heterocycles. The molecule has 0 spiro atoms. The molecular formula is C19H18F3N3O2. The Kier molecular flexibility index (Phi) is 4.91. The molecule has 0 fully saturated rings. The van der Waals surface area contributed by atoms with E-state index in [9.17, 15) is 18.0 Å². The highest BCUT2D eigenvalue weighted by Crippen LogP contribution is 2.28. The van der Waals surface area contributed by atoms with E-state index in [0.29, 0.717) is 12.2 Å². The maximum Gasteiger partial charge on any atom is 0.417 e. The minimum Gasteiger partial charge on any atom is -0.337 e. The van der Waals surface area contributed by atoms with Gasteiger partial charge in [0.2, 0.25) is 5.89 Å². The Morgan fingerprint density at radius 2 is 1.78 bits per heavy atom. The van der Waals surface area contributed by atoms with Crippen molar-refractivity contribution in [1.29, 1.82) is 0 Å². The van der Waals surface area contributed by atoms with E-state index in [-0.39, 0.29) is 12.4 Å². The summed E-state index contributed by atoms with van der Waals surface area (Å²) in [6.07, 6.45) is -3.12. The van der Waals surface area contributed by atoms with Crippen LogP contribution < -0.4 is 5.56 Å². The van der Waals surface area contributed by atoms with Crippen LogP contribution in [0.25, 0.3) is 0 Å². The van der Waals surface area contributed by atoms with Gasteiger partial charge in [-0.3, -0.25) is 4.79 Å². The molecule has 0 aliphatic rings. The maximum absolute atomic E-state index is 12.8. The first-order chi connectivity index (χ1) is 12.6. The van der Waals surface area contributed by atoms with Crippen LogP contribution in [0.15, 0.2) is 58.0 Å². The van der Waals surface area contributed by atoms with Crippen molar-refractivity contribution in [2.24, 2.45) is 0 Å². The lowest BCUT2D eigenvalue weighted by atomic mass is 9.85. The summed E-state index contributed by atoms with van der Waals surface area (Å²) in [6, 6.07) is 11.4. The summed E-state index contributed by atoms with van der Waals surface area (Å²) in [5.74, 6) is 0.508. The van der Waals surface area contributed by atoms with Crippen molar-refractivity contribution in [3.63, 3.8) is 0 Å². The summed E-state index contributed by atoms with van der Waals surface area (Å²) in [5.41, 5.74) is -0.831. The first-order valence-corrected chi connectivity index (χ1v) is 8.30. The van der Waals surface area contributed by atoms with Gasteiger partial charge in [0.15, 0.2) is 5.82 Å². The second-order valence-corrected chi connectivity index (χ2v) is 6.94. The van der Waals surface area contributed by atoms with Crippen LogP contribution in [0, 0.1) is 0 Å². The molecule has 5 nitrogen and oxygen atoms in total. The third-order valence-electron chi connectivity index (χ3n) is 4.18. The zero-order valence-electron chi connectivity index (χ0n) is 14.8. The highest BCUT2D eigenvalue weighted by atomic mass is 19.4. The number of halogens is 3. The molecule has 0 saturated heterocycles. The monoisotopic (exact) mass is 377 g/mol. The van der Waals surface area contributed by atoms with Crippen molar-refractivity contribution in [3.05, 3.63) is 81.9 Å². The van der Waals surface area contributed by atoms with E-state index in [0.717, 1.165) is 28.5 Å². The number of rotatable bonds is 5. The summed E-state index contributed by atoms with van der Waals surface area (Å²) in [4.78, 5) is 16.1. The third kappa shape index (κ3) is 4.45. The Labute approximate surface area is 153 Å². The van der Waals surface area contributed by atoms with Gasteiger partial charge in [0.25, 0.3) is 5.56 Å². The number of aromatic nitrogens is 3. The van der Waals surface area contributed by atoms with Crippen molar-refractivity contribution < 1.29 is 17.7 Å². The highest BCUT2D eigenvalue weighted by Gasteiger charge is 2.31. The van der Waals surface area contributed by atoms with Crippen LogP contribution in [-0.4, -0.2) is 14.7 Å². The molecule has 2 heterocycles. The summed E-state index contributed by atoms with van der Waals surface area (Å²) < 4.78 is 44.6. The van der Waals surface area contributed by atoms with Gasteiger partial charge in [-0.1, -0.05) is 49.3 Å². The maximum atomic E-state index is 12.8. The number of alkyl halides is 3. The average Bonchev–Trinajstić information content (AvgIpc) is 3.06. The van der Waals surface area contributed by atoms with E-state index < -0.39 is 22.7 Å². The predicted octanol–water partition coefficient (Wildman–Crippen LogP) is 3.82. The van der Waals surface area contributed by atoms with Crippen LogP contribution >= 0.6 is 0 Å². The number of nitrogens with zero attached hydrogens (tertiary/aromatic N) is 3. The smallest absolute Gasteiger partial charge is 0.337 e. The fraction of sp³-hybridized carbons (Fsp3) is 0.316. The van der Waals surface area contributed by atoms with Gasteiger partial charge in [-0.15, -0.1) is 0 Å². The Hall–Kier alpha value is -2.90. The van der Waals surface area contributed by atoms with Crippen molar-refractivity contribution in [2.75, 3.05) is 0 Å². The fourth-order valence-electron chi connectivity index (χ4n) is 2.75. The number of hydrogen-bond donors (Lipinski definition) is 0. The number of benzene rings is 1. The van der Waals surface area contributed by atoms with Gasteiger partial charge in [0.1, 0.15) is 6.54 Å². The zero-order valence-corrected chi connectivity index (χ0v) is 14.8. The van der Waals surface area contributed by atoms with Crippen molar-refractivity contribution in [1.82, 2.24) is 14.7 Å². The van der Waals surface area contributed by atoms with Gasteiger partial charge >= 0.3 is 6.18 Å². The van der Waals surface area contributed by atoms with Gasteiger partial charge < -0.3 is 9.09 Å². The number of hydrogen-bond acceptors (Lipinski definition) is 4. The van der Waals surface area contributed by atoms with Crippen molar-refractivity contribution in [3.8, 4) is 0 Å². The molecule has 1 aromatic carbocycles. The predicted molar refractivity (Wildman–Crippen MR) is 92.3 cm³/mol. The van der Waals surface area contributed by atoms with E-state index in [4.69, 9.17) is 4.52 Å². The second-order valence-electron chi connectivity index (χ2n) is 6.94. The quantitative estimate of drug-likeness (QED) is 0.678. The van der Waals surface area contributed by atoms with Crippen LogP contribution in [0.4, 0.5) is 13.2 Å². The van der Waals surface area contributed by atoms with Gasteiger partial charge in [-0.25, -0.2) is 0 Å². The molecule has 0 amide bonds. The van der Waals surface area contributed by atoms with Gasteiger partial charge in [0.05, 0.1) is 5.56 Å². The van der Waals surface area contributed by atoms with E-state index in [1.54, 1.807) is 0 Å². The lowest BCUT2D eigenvalue weighted by Gasteiger charge is -2.20. The highest BCUT2D eigenvalue weighted by molar-refractivity contribution is 5.20. The van der Waals surface area contributed by atoms with Crippen LogP contribution in [0.1, 0.15) is 36.7 Å². The number of pyridine rings is 1. The molecule has 0 atom stereocenters. The molecule has 8 heteroatoms. The molecule has 27 heavy (non-hydrogen) atoms. The molecule has 0 aliphatic carbocycles. The normalized spacial score (nSPS) is 12.3. The fourth-order valence-corrected chi connectivity index (χ4v) is 2.75. The lowest BCUT2D eigenvalue weighted by Crippen LogP contribution is -2.23. The molecule has 142 valence electrons. The minimum atomic E-state index is -4.53. The van der Waals surface area contributed by atoms with Gasteiger partial charge in [-0.2, -0.15) is 18.2 Å². The summed E-state index contributed by atoms with van der Waals surface area (Å²) in [5, 5.41) is 3.96. The van der Waals surface area contributed by atoms with E-state index in [2.05, 4.69) is 10.1 Å². The molecule has 0 radical (unpaired) electrons. The molecular weight excluding hydrogens is 359 g/mol. The Morgan fingerprint density at radius 3 is 2.44 bits per heavy atom. The van der Waals surface area contributed by atoms with Gasteiger partial charge in [-0.05, 0) is 18.1 Å². The Balaban J connectivity index is 1.81. The second kappa shape index (κ2) is 7.02. The summed E-state index contributed by atoms with van der Waals surface area (Å²) in [6.45, 7) is 3.67. The van der Waals surface area contributed by atoms with Crippen LogP contribution in [0.2, 0.25) is 0 Å². The molecule has 0 unspecified atom stereocenters. The molecule has 0 saturated carbocycles. The van der Waals surface area contributed by atoms with Crippen molar-refractivity contribution >= 4 is 0 Å². The topological polar surface area (TPSA) is 60.9 Å². The van der Waals surface area contributed by atoms with Crippen LogP contribution in [-0.2, 0) is 24.6 Å². The third-order valence-corrected chi connectivity index (χ3v) is 4.18. The molecule has 3 rings (SSSR count). The SMILES string of the molecule is CC(C)(Cc1ccccc1)c1noc(Cn2cc(C(F)(F)F)ccc2=O)n1. The lowest BCUT2D eigenvalue weighted by molar-refractivity contribution is -0.138. The summed E-state index contributed by atoms with van der Waals surface area (Å²) in [7, 11) is 0. The van der Waals surface area contributed by atoms with Crippen molar-refractivity contribution in [2.45, 2.75) is 38.4 Å². The van der Waals surface area contributed by atoms with E-state index in [1.165, 1.54) is 0 Å². The van der Waals surface area contributed by atoms with Crippen LogP contribution in [0.3, 0.4) is 0 Å². The Bertz CT molecular complexity index is 976. The first kappa shape index (κ1) is 18.9. The molecule has 2 aromatic heterocycles. The first-order valence-electron chi connectivity index (χ1n) is 8.30. The minimum absolute atomic E-state index is 0.0764. The average molecular weight is 377 g/mol. The van der Waals surface area contributed by atoms with E-state index >= 15 is 0 Å². The summed E-state index contributed by atoms with van der Waals surface area (Å²) >= 11 is 0. The van der Waals surface area contributed by atoms with E-state index in [1.807, 2.05) is 44.2 Å².